The molecule has 100 valence electrons. The Labute approximate surface area is 111 Å². The van der Waals surface area contributed by atoms with Gasteiger partial charge in [-0.3, -0.25) is 9.59 Å². The molecule has 4 nitrogen and oxygen atoms in total. The molecular weight excluding hydrogens is 242 g/mol. The third-order valence-electron chi connectivity index (χ3n) is 3.08. The lowest BCUT2D eigenvalue weighted by molar-refractivity contribution is -0.143. The van der Waals surface area contributed by atoms with E-state index < -0.39 is 0 Å². The van der Waals surface area contributed by atoms with Gasteiger partial charge < -0.3 is 9.30 Å². The van der Waals surface area contributed by atoms with Crippen molar-refractivity contribution < 1.29 is 9.53 Å². The fourth-order valence-electron chi connectivity index (χ4n) is 2.26. The summed E-state index contributed by atoms with van der Waals surface area (Å²) in [7, 11) is 0. The summed E-state index contributed by atoms with van der Waals surface area (Å²) in [4.78, 5) is 23.8. The second-order valence-electron chi connectivity index (χ2n) is 4.55. The van der Waals surface area contributed by atoms with Gasteiger partial charge in [0, 0.05) is 17.1 Å². The van der Waals surface area contributed by atoms with Crippen molar-refractivity contribution in [2.75, 3.05) is 6.61 Å². The topological polar surface area (TPSA) is 48.3 Å². The maximum atomic E-state index is 12.1. The van der Waals surface area contributed by atoms with Crippen molar-refractivity contribution in [2.24, 2.45) is 0 Å². The van der Waals surface area contributed by atoms with E-state index in [1.54, 1.807) is 30.7 Å². The minimum Gasteiger partial charge on any atom is -0.465 e. The van der Waals surface area contributed by atoms with E-state index in [9.17, 15) is 9.59 Å². The maximum absolute atomic E-state index is 12.1. The second-order valence-corrected chi connectivity index (χ2v) is 4.55. The monoisotopic (exact) mass is 259 g/mol. The van der Waals surface area contributed by atoms with Crippen molar-refractivity contribution in [2.45, 2.75) is 27.3 Å². The van der Waals surface area contributed by atoms with E-state index in [1.165, 1.54) is 0 Å². The average molecular weight is 259 g/mol. The maximum Gasteiger partial charge on any atom is 0.325 e. The Hall–Kier alpha value is -2.10. The molecule has 2 aromatic rings. The number of benzene rings is 1. The molecule has 0 radical (unpaired) electrons. The van der Waals surface area contributed by atoms with Crippen LogP contribution in [0.4, 0.5) is 0 Å². The molecule has 0 saturated carbocycles. The van der Waals surface area contributed by atoms with Crippen molar-refractivity contribution in [3.05, 3.63) is 45.7 Å². The number of esters is 1. The summed E-state index contributed by atoms with van der Waals surface area (Å²) in [5, 5.41) is 0.643. The summed E-state index contributed by atoms with van der Waals surface area (Å²) >= 11 is 0. The Morgan fingerprint density at radius 2 is 2.00 bits per heavy atom. The van der Waals surface area contributed by atoms with Gasteiger partial charge in [-0.1, -0.05) is 12.1 Å². The van der Waals surface area contributed by atoms with E-state index in [0.717, 1.165) is 11.1 Å². The number of nitrogens with zero attached hydrogens (tertiary/aromatic N) is 1. The van der Waals surface area contributed by atoms with Crippen LogP contribution in [0.25, 0.3) is 10.9 Å². The first-order valence-electron chi connectivity index (χ1n) is 6.29. The molecule has 1 aromatic carbocycles. The predicted molar refractivity (Wildman–Crippen MR) is 74.3 cm³/mol. The van der Waals surface area contributed by atoms with Gasteiger partial charge in [0.25, 0.3) is 0 Å². The van der Waals surface area contributed by atoms with E-state index in [-0.39, 0.29) is 17.9 Å². The number of para-hydroxylation sites is 1. The minimum atomic E-state index is -0.296. The first-order valence-corrected chi connectivity index (χ1v) is 6.29. The Kier molecular flexibility index (Phi) is 3.69. The van der Waals surface area contributed by atoms with E-state index in [4.69, 9.17) is 4.74 Å². The molecule has 0 unspecified atom stereocenters. The Morgan fingerprint density at radius 1 is 1.26 bits per heavy atom. The molecule has 0 spiro atoms. The largest absolute Gasteiger partial charge is 0.465 e. The predicted octanol–water partition coefficient (Wildman–Crippen LogP) is 2.18. The van der Waals surface area contributed by atoms with Gasteiger partial charge in [0.05, 0.1) is 12.1 Å². The lowest BCUT2D eigenvalue weighted by Crippen LogP contribution is -2.18. The van der Waals surface area contributed by atoms with Crippen LogP contribution in [-0.4, -0.2) is 17.1 Å². The Morgan fingerprint density at radius 3 is 2.68 bits per heavy atom. The highest BCUT2D eigenvalue weighted by Gasteiger charge is 2.11. The van der Waals surface area contributed by atoms with Crippen molar-refractivity contribution in [1.29, 1.82) is 0 Å². The smallest absolute Gasteiger partial charge is 0.325 e. The third-order valence-corrected chi connectivity index (χ3v) is 3.08. The minimum absolute atomic E-state index is 0.0128. The molecule has 0 amide bonds. The van der Waals surface area contributed by atoms with E-state index in [2.05, 4.69) is 0 Å². The molecule has 1 aromatic heterocycles. The number of hydrogen-bond donors (Lipinski definition) is 0. The van der Waals surface area contributed by atoms with Gasteiger partial charge in [0.1, 0.15) is 6.54 Å². The second kappa shape index (κ2) is 5.26. The Bertz CT molecular complexity index is 686. The fraction of sp³-hybridized carbons (Fsp3) is 0.333. The molecule has 2 rings (SSSR count). The summed E-state index contributed by atoms with van der Waals surface area (Å²) in [6.45, 7) is 5.94. The van der Waals surface area contributed by atoms with Gasteiger partial charge in [-0.05, 0) is 32.4 Å². The number of hydrogen-bond acceptors (Lipinski definition) is 3. The number of aromatic nitrogens is 1. The molecule has 0 fully saturated rings. The van der Waals surface area contributed by atoms with Crippen LogP contribution in [0.2, 0.25) is 0 Å². The van der Waals surface area contributed by atoms with Crippen LogP contribution < -0.4 is 5.43 Å². The van der Waals surface area contributed by atoms with Crippen molar-refractivity contribution in [3.63, 3.8) is 0 Å². The molecule has 0 N–H and O–H groups in total. The van der Waals surface area contributed by atoms with E-state index >= 15 is 0 Å². The van der Waals surface area contributed by atoms with Gasteiger partial charge >= 0.3 is 5.97 Å². The number of fused-ring (bicyclic) bond motifs is 1. The molecule has 0 aliphatic carbocycles. The summed E-state index contributed by atoms with van der Waals surface area (Å²) in [6, 6.07) is 5.57. The number of rotatable bonds is 3. The molecule has 0 saturated heterocycles. The van der Waals surface area contributed by atoms with Crippen LogP contribution in [-0.2, 0) is 16.1 Å². The zero-order chi connectivity index (χ0) is 14.0. The quantitative estimate of drug-likeness (QED) is 0.794. The highest BCUT2D eigenvalue weighted by molar-refractivity contribution is 5.84. The lowest BCUT2D eigenvalue weighted by atomic mass is 10.1. The van der Waals surface area contributed by atoms with Gasteiger partial charge in [0.2, 0.25) is 0 Å². The molecule has 0 atom stereocenters. The first kappa shape index (κ1) is 13.3. The zero-order valence-corrected chi connectivity index (χ0v) is 11.4. The molecule has 1 heterocycles. The Balaban J connectivity index is 2.64. The van der Waals surface area contributed by atoms with Crippen LogP contribution in [0.5, 0.6) is 0 Å². The fourth-order valence-corrected chi connectivity index (χ4v) is 2.26. The highest BCUT2D eigenvalue weighted by atomic mass is 16.5. The number of ether oxygens (including phenoxy) is 1. The molecule has 0 aliphatic heterocycles. The highest BCUT2D eigenvalue weighted by Crippen LogP contribution is 2.16. The van der Waals surface area contributed by atoms with Crippen LogP contribution in [0.15, 0.2) is 29.2 Å². The summed E-state index contributed by atoms with van der Waals surface area (Å²) < 4.78 is 6.76. The van der Waals surface area contributed by atoms with Crippen molar-refractivity contribution in [1.82, 2.24) is 4.57 Å². The summed E-state index contributed by atoms with van der Waals surface area (Å²) in [5.41, 5.74) is 2.41. The number of carbonyl (C=O) groups excluding carboxylic acids is 1. The van der Waals surface area contributed by atoms with Gasteiger partial charge in [-0.25, -0.2) is 0 Å². The number of pyridine rings is 1. The van der Waals surface area contributed by atoms with Crippen LogP contribution in [0.3, 0.4) is 0 Å². The standard InChI is InChI=1S/C15H17NO3/c1-4-19-13(17)9-16-8-11(3)15(18)12-7-5-6-10(2)14(12)16/h5-8H,4,9H2,1-3H3. The van der Waals surface area contributed by atoms with Gasteiger partial charge in [-0.2, -0.15) is 0 Å². The molecule has 0 bridgehead atoms. The van der Waals surface area contributed by atoms with Crippen molar-refractivity contribution in [3.8, 4) is 0 Å². The van der Waals surface area contributed by atoms with Crippen LogP contribution in [0.1, 0.15) is 18.1 Å². The molecular formula is C15H17NO3. The number of aryl methyl sites for hydroxylation is 2. The van der Waals surface area contributed by atoms with Crippen LogP contribution in [0, 0.1) is 13.8 Å². The van der Waals surface area contributed by atoms with E-state index in [1.807, 2.05) is 19.1 Å². The molecule has 0 aliphatic rings. The SMILES string of the molecule is CCOC(=O)Cn1cc(C)c(=O)c2cccc(C)c21. The lowest BCUT2D eigenvalue weighted by Gasteiger charge is -2.13. The summed E-state index contributed by atoms with van der Waals surface area (Å²) in [6.07, 6.45) is 1.72. The van der Waals surface area contributed by atoms with E-state index in [0.29, 0.717) is 17.6 Å². The molecule has 4 heteroatoms. The van der Waals surface area contributed by atoms with Crippen LogP contribution >= 0.6 is 0 Å². The normalized spacial score (nSPS) is 10.7. The van der Waals surface area contributed by atoms with Crippen molar-refractivity contribution >= 4 is 16.9 Å². The first-order chi connectivity index (χ1) is 9.04. The average Bonchev–Trinajstić information content (AvgIpc) is 2.35. The zero-order valence-electron chi connectivity index (χ0n) is 11.4. The van der Waals surface area contributed by atoms with Gasteiger partial charge in [-0.15, -0.1) is 0 Å². The molecule has 19 heavy (non-hydrogen) atoms. The third kappa shape index (κ3) is 2.52. The summed E-state index contributed by atoms with van der Waals surface area (Å²) in [5.74, 6) is -0.296. The number of carbonyl (C=O) groups is 1. The van der Waals surface area contributed by atoms with Gasteiger partial charge in [0.15, 0.2) is 5.43 Å².